The first-order valence-electron chi connectivity index (χ1n) is 8.69. The van der Waals surface area contributed by atoms with Gasteiger partial charge in [-0.15, -0.1) is 0 Å². The molecule has 1 amide bonds. The summed E-state index contributed by atoms with van der Waals surface area (Å²) in [5.41, 5.74) is 7.79. The Morgan fingerprint density at radius 3 is 3.04 bits per heavy atom. The summed E-state index contributed by atoms with van der Waals surface area (Å²) >= 11 is 0. The highest BCUT2D eigenvalue weighted by atomic mass is 16.5. The smallest absolute Gasteiger partial charge is 0.522 e. The number of amides is 1. The summed E-state index contributed by atoms with van der Waals surface area (Å²) in [6.45, 7) is 0.987. The van der Waals surface area contributed by atoms with Crippen LogP contribution in [0.3, 0.4) is 0 Å². The predicted octanol–water partition coefficient (Wildman–Crippen LogP) is 0.787. The number of ether oxygens (including phenoxy) is 1. The summed E-state index contributed by atoms with van der Waals surface area (Å²) in [6, 6.07) is 8.50. The monoisotopic (exact) mass is 353 g/mol. The number of aryl methyl sites for hydroxylation is 1. The molecule has 4 rings (SSSR count). The summed E-state index contributed by atoms with van der Waals surface area (Å²) in [6.07, 6.45) is 4.57. The molecular formula is C18H20BN3O4. The lowest BCUT2D eigenvalue weighted by atomic mass is 9.79. The lowest BCUT2D eigenvalue weighted by molar-refractivity contribution is -0.141. The van der Waals surface area contributed by atoms with Gasteiger partial charge in [0.15, 0.2) is 0 Å². The second-order valence-electron chi connectivity index (χ2n) is 6.63. The zero-order chi connectivity index (χ0) is 18.1. The van der Waals surface area contributed by atoms with E-state index < -0.39 is 13.2 Å². The van der Waals surface area contributed by atoms with Gasteiger partial charge in [0.2, 0.25) is 5.91 Å². The van der Waals surface area contributed by atoms with Crippen molar-refractivity contribution in [2.75, 3.05) is 13.1 Å². The highest BCUT2D eigenvalue weighted by Crippen LogP contribution is 2.31. The van der Waals surface area contributed by atoms with E-state index in [0.29, 0.717) is 36.5 Å². The van der Waals surface area contributed by atoms with Crippen molar-refractivity contribution in [2.24, 2.45) is 5.73 Å². The Balaban J connectivity index is 1.33. The van der Waals surface area contributed by atoms with Crippen LogP contribution in [0, 0.1) is 0 Å². The van der Waals surface area contributed by atoms with Crippen LogP contribution in [0.4, 0.5) is 0 Å². The molecule has 1 aromatic heterocycles. The van der Waals surface area contributed by atoms with E-state index in [1.807, 2.05) is 12.1 Å². The number of aromatic nitrogens is 1. The van der Waals surface area contributed by atoms with Gasteiger partial charge in [-0.2, -0.15) is 0 Å². The zero-order valence-electron chi connectivity index (χ0n) is 14.2. The van der Waals surface area contributed by atoms with E-state index in [0.717, 1.165) is 12.0 Å². The first kappa shape index (κ1) is 16.9. The summed E-state index contributed by atoms with van der Waals surface area (Å²) < 4.78 is 11.3. The fourth-order valence-electron chi connectivity index (χ4n) is 3.19. The third-order valence-electron chi connectivity index (χ3n) is 4.73. The SMILES string of the molecule is NC(C(=O)N1CC(Oc2ccc3c(c2)OB(O)CC3)C1)c1cccnc1. The van der Waals surface area contributed by atoms with Crippen molar-refractivity contribution in [3.63, 3.8) is 0 Å². The van der Waals surface area contributed by atoms with Crippen LogP contribution in [0.25, 0.3) is 0 Å². The van der Waals surface area contributed by atoms with E-state index in [4.69, 9.17) is 15.1 Å². The maximum Gasteiger partial charge on any atom is 0.522 e. The minimum atomic E-state index is -0.761. The second-order valence-corrected chi connectivity index (χ2v) is 6.63. The number of hydrogen-bond acceptors (Lipinski definition) is 6. The number of pyridine rings is 1. The van der Waals surface area contributed by atoms with Gasteiger partial charge in [0.25, 0.3) is 0 Å². The van der Waals surface area contributed by atoms with Crippen molar-refractivity contribution in [3.8, 4) is 11.5 Å². The Morgan fingerprint density at radius 2 is 2.27 bits per heavy atom. The molecule has 3 heterocycles. The standard InChI is InChI=1S/C18H20BN3O4/c20-17(13-2-1-7-21-9-13)18(23)22-10-15(11-22)25-14-4-3-12-5-6-19(24)26-16(12)8-14/h1-4,7-9,15,17,24H,5-6,10-11,20H2. The number of nitrogens with two attached hydrogens (primary N) is 1. The molecule has 1 aromatic carbocycles. The Morgan fingerprint density at radius 1 is 1.42 bits per heavy atom. The van der Waals surface area contributed by atoms with Crippen LogP contribution in [0.2, 0.25) is 6.32 Å². The van der Waals surface area contributed by atoms with Crippen LogP contribution in [0.5, 0.6) is 11.5 Å². The van der Waals surface area contributed by atoms with Gasteiger partial charge < -0.3 is 25.0 Å². The Labute approximate surface area is 151 Å². The number of carbonyl (C=O) groups excluding carboxylic acids is 1. The molecule has 1 atom stereocenters. The van der Waals surface area contributed by atoms with Crippen molar-refractivity contribution >= 4 is 13.0 Å². The lowest BCUT2D eigenvalue weighted by Gasteiger charge is -2.40. The number of hydrogen-bond donors (Lipinski definition) is 2. The van der Waals surface area contributed by atoms with E-state index in [2.05, 4.69) is 4.98 Å². The third-order valence-corrected chi connectivity index (χ3v) is 4.73. The molecule has 0 radical (unpaired) electrons. The highest BCUT2D eigenvalue weighted by Gasteiger charge is 2.35. The van der Waals surface area contributed by atoms with Gasteiger partial charge in [-0.1, -0.05) is 12.1 Å². The van der Waals surface area contributed by atoms with Gasteiger partial charge in [0.05, 0.1) is 13.1 Å². The van der Waals surface area contributed by atoms with E-state index in [9.17, 15) is 9.82 Å². The molecule has 0 bridgehead atoms. The molecule has 134 valence electrons. The van der Waals surface area contributed by atoms with Crippen LogP contribution in [0.15, 0.2) is 42.7 Å². The Bertz CT molecular complexity index is 798. The molecule has 2 aliphatic rings. The van der Waals surface area contributed by atoms with Gasteiger partial charge in [0.1, 0.15) is 23.6 Å². The van der Waals surface area contributed by atoms with Crippen LogP contribution in [-0.2, 0) is 11.2 Å². The number of nitrogens with zero attached hydrogens (tertiary/aromatic N) is 2. The summed E-state index contributed by atoms with van der Waals surface area (Å²) in [5, 5.41) is 9.60. The number of rotatable bonds is 4. The Kier molecular flexibility index (Phi) is 4.52. The molecule has 3 N–H and O–H groups in total. The molecule has 2 aromatic rings. The average molecular weight is 353 g/mol. The van der Waals surface area contributed by atoms with Crippen molar-refractivity contribution in [3.05, 3.63) is 53.9 Å². The second kappa shape index (κ2) is 6.97. The Hall–Kier alpha value is -2.58. The van der Waals surface area contributed by atoms with Crippen LogP contribution in [-0.4, -0.2) is 47.1 Å². The van der Waals surface area contributed by atoms with Gasteiger partial charge in [0, 0.05) is 18.5 Å². The van der Waals surface area contributed by atoms with Crippen molar-refractivity contribution in [2.45, 2.75) is 24.9 Å². The van der Waals surface area contributed by atoms with Crippen molar-refractivity contribution < 1.29 is 19.2 Å². The highest BCUT2D eigenvalue weighted by molar-refractivity contribution is 6.44. The number of likely N-dealkylation sites (tertiary alicyclic amines) is 1. The fourth-order valence-corrected chi connectivity index (χ4v) is 3.19. The average Bonchev–Trinajstić information content (AvgIpc) is 2.63. The molecule has 7 nitrogen and oxygen atoms in total. The summed E-state index contributed by atoms with van der Waals surface area (Å²) in [7, 11) is -0.761. The van der Waals surface area contributed by atoms with E-state index >= 15 is 0 Å². The molecule has 1 saturated heterocycles. The summed E-state index contributed by atoms with van der Waals surface area (Å²) in [5.74, 6) is 1.20. The van der Waals surface area contributed by atoms with E-state index in [1.54, 1.807) is 35.5 Å². The largest absolute Gasteiger partial charge is 0.536 e. The number of carbonyl (C=O) groups is 1. The zero-order valence-corrected chi connectivity index (χ0v) is 14.2. The molecule has 0 saturated carbocycles. The van der Waals surface area contributed by atoms with E-state index in [1.165, 1.54) is 0 Å². The molecule has 1 unspecified atom stereocenters. The van der Waals surface area contributed by atoms with Crippen molar-refractivity contribution in [1.82, 2.24) is 9.88 Å². The van der Waals surface area contributed by atoms with Gasteiger partial charge >= 0.3 is 7.12 Å². The van der Waals surface area contributed by atoms with Crippen LogP contribution in [0.1, 0.15) is 17.2 Å². The molecule has 1 fully saturated rings. The van der Waals surface area contributed by atoms with Crippen molar-refractivity contribution in [1.29, 1.82) is 0 Å². The fraction of sp³-hybridized carbons (Fsp3) is 0.333. The maximum atomic E-state index is 12.4. The topological polar surface area (TPSA) is 97.9 Å². The third kappa shape index (κ3) is 3.38. The lowest BCUT2D eigenvalue weighted by Crippen LogP contribution is -2.58. The first-order valence-corrected chi connectivity index (χ1v) is 8.69. The maximum absolute atomic E-state index is 12.4. The van der Waals surface area contributed by atoms with Crippen LogP contribution >= 0.6 is 0 Å². The molecule has 0 aliphatic carbocycles. The van der Waals surface area contributed by atoms with E-state index in [-0.39, 0.29) is 12.0 Å². The molecule has 26 heavy (non-hydrogen) atoms. The number of benzene rings is 1. The summed E-state index contributed by atoms with van der Waals surface area (Å²) in [4.78, 5) is 18.1. The molecule has 8 heteroatoms. The van der Waals surface area contributed by atoms with Gasteiger partial charge in [-0.3, -0.25) is 9.78 Å². The normalized spacial score (nSPS) is 17.8. The van der Waals surface area contributed by atoms with Gasteiger partial charge in [-0.05, 0) is 36.0 Å². The molecule has 2 aliphatic heterocycles. The molecular weight excluding hydrogens is 333 g/mol. The minimum absolute atomic E-state index is 0.0772. The van der Waals surface area contributed by atoms with Crippen LogP contribution < -0.4 is 15.1 Å². The molecule has 0 spiro atoms. The quantitative estimate of drug-likeness (QED) is 0.789. The number of fused-ring (bicyclic) bond motifs is 1. The first-order chi connectivity index (χ1) is 12.6. The minimum Gasteiger partial charge on any atom is -0.536 e. The predicted molar refractivity (Wildman–Crippen MR) is 95.7 cm³/mol. The van der Waals surface area contributed by atoms with Gasteiger partial charge in [-0.25, -0.2) is 0 Å².